The molecule has 3 aromatic heterocycles. The Hall–Kier alpha value is -3.13. The SMILES string of the molecule is CC(C)c1nccc(N2CCN(CCn3nc(-c4cccnc4)ccc3=O)CC2)n1. The van der Waals surface area contributed by atoms with Crippen LogP contribution in [0.15, 0.2) is 53.7 Å². The summed E-state index contributed by atoms with van der Waals surface area (Å²) in [5.74, 6) is 2.20. The molecule has 1 saturated heterocycles. The smallest absolute Gasteiger partial charge is 0.266 e. The van der Waals surface area contributed by atoms with E-state index in [0.29, 0.717) is 12.5 Å². The van der Waals surface area contributed by atoms with E-state index in [0.717, 1.165) is 55.6 Å². The van der Waals surface area contributed by atoms with Crippen LogP contribution >= 0.6 is 0 Å². The third kappa shape index (κ3) is 4.71. The van der Waals surface area contributed by atoms with Crippen molar-refractivity contribution in [3.05, 3.63) is 65.1 Å². The van der Waals surface area contributed by atoms with E-state index < -0.39 is 0 Å². The Balaban J connectivity index is 1.35. The molecular weight excluding hydrogens is 378 g/mol. The summed E-state index contributed by atoms with van der Waals surface area (Å²) in [5, 5.41) is 4.53. The van der Waals surface area contributed by atoms with Gasteiger partial charge in [-0.15, -0.1) is 0 Å². The molecule has 0 amide bonds. The van der Waals surface area contributed by atoms with Crippen molar-refractivity contribution in [2.45, 2.75) is 26.3 Å². The lowest BCUT2D eigenvalue weighted by molar-refractivity contribution is 0.242. The molecule has 0 spiro atoms. The number of anilines is 1. The van der Waals surface area contributed by atoms with Crippen molar-refractivity contribution in [3.63, 3.8) is 0 Å². The topological polar surface area (TPSA) is 80.0 Å². The molecular formula is C22H27N7O. The lowest BCUT2D eigenvalue weighted by Crippen LogP contribution is -2.48. The average Bonchev–Trinajstić information content (AvgIpc) is 2.79. The van der Waals surface area contributed by atoms with E-state index >= 15 is 0 Å². The Morgan fingerprint density at radius 1 is 1.00 bits per heavy atom. The molecule has 4 rings (SSSR count). The van der Waals surface area contributed by atoms with E-state index in [9.17, 15) is 4.79 Å². The van der Waals surface area contributed by atoms with E-state index in [1.807, 2.05) is 24.4 Å². The van der Waals surface area contributed by atoms with E-state index in [1.165, 1.54) is 0 Å². The van der Waals surface area contributed by atoms with E-state index in [1.54, 1.807) is 29.2 Å². The molecule has 4 heterocycles. The third-order valence-corrected chi connectivity index (χ3v) is 5.32. The molecule has 0 atom stereocenters. The van der Waals surface area contributed by atoms with Crippen molar-refractivity contribution in [1.29, 1.82) is 0 Å². The first-order valence-corrected chi connectivity index (χ1v) is 10.4. The lowest BCUT2D eigenvalue weighted by atomic mass is 10.2. The van der Waals surface area contributed by atoms with Crippen LogP contribution in [-0.4, -0.2) is 62.4 Å². The largest absolute Gasteiger partial charge is 0.354 e. The van der Waals surface area contributed by atoms with Crippen LogP contribution in [0.2, 0.25) is 0 Å². The van der Waals surface area contributed by atoms with Gasteiger partial charge in [-0.3, -0.25) is 14.7 Å². The maximum atomic E-state index is 12.2. The molecule has 8 nitrogen and oxygen atoms in total. The van der Waals surface area contributed by atoms with Crippen molar-refractivity contribution in [3.8, 4) is 11.3 Å². The molecule has 0 aliphatic carbocycles. The molecule has 0 bridgehead atoms. The highest BCUT2D eigenvalue weighted by atomic mass is 16.1. The van der Waals surface area contributed by atoms with Crippen LogP contribution in [-0.2, 0) is 6.54 Å². The Morgan fingerprint density at radius 2 is 1.83 bits per heavy atom. The maximum Gasteiger partial charge on any atom is 0.266 e. The Kier molecular flexibility index (Phi) is 6.13. The minimum absolute atomic E-state index is 0.0801. The molecule has 3 aromatic rings. The molecule has 1 aliphatic heterocycles. The zero-order valence-electron chi connectivity index (χ0n) is 17.5. The fraction of sp³-hybridized carbons (Fsp3) is 0.409. The Morgan fingerprint density at radius 3 is 2.57 bits per heavy atom. The van der Waals surface area contributed by atoms with Gasteiger partial charge in [0.2, 0.25) is 0 Å². The second-order valence-corrected chi connectivity index (χ2v) is 7.78. The lowest BCUT2D eigenvalue weighted by Gasteiger charge is -2.35. The van der Waals surface area contributed by atoms with Crippen LogP contribution in [0.4, 0.5) is 5.82 Å². The second kappa shape index (κ2) is 9.13. The number of hydrogen-bond donors (Lipinski definition) is 0. The van der Waals surface area contributed by atoms with Crippen molar-refractivity contribution >= 4 is 5.82 Å². The number of aromatic nitrogens is 5. The number of nitrogens with zero attached hydrogens (tertiary/aromatic N) is 7. The van der Waals surface area contributed by atoms with Crippen LogP contribution in [0.25, 0.3) is 11.3 Å². The quantitative estimate of drug-likeness (QED) is 0.621. The van der Waals surface area contributed by atoms with Crippen LogP contribution in [0.5, 0.6) is 0 Å². The zero-order chi connectivity index (χ0) is 20.9. The van der Waals surface area contributed by atoms with Crippen LogP contribution in [0.3, 0.4) is 0 Å². The van der Waals surface area contributed by atoms with Gasteiger partial charge in [0.1, 0.15) is 11.6 Å². The first kappa shape index (κ1) is 20.2. The predicted molar refractivity (Wildman–Crippen MR) is 117 cm³/mol. The summed E-state index contributed by atoms with van der Waals surface area (Å²) in [7, 11) is 0. The van der Waals surface area contributed by atoms with Gasteiger partial charge in [-0.25, -0.2) is 14.6 Å². The maximum absolute atomic E-state index is 12.2. The van der Waals surface area contributed by atoms with Crippen LogP contribution in [0.1, 0.15) is 25.6 Å². The van der Waals surface area contributed by atoms with Gasteiger partial charge in [-0.05, 0) is 24.3 Å². The molecule has 1 fully saturated rings. The average molecular weight is 406 g/mol. The summed E-state index contributed by atoms with van der Waals surface area (Å²) in [6.07, 6.45) is 5.33. The van der Waals surface area contributed by atoms with Gasteiger partial charge in [-0.2, -0.15) is 5.10 Å². The molecule has 0 saturated carbocycles. The monoisotopic (exact) mass is 405 g/mol. The van der Waals surface area contributed by atoms with Gasteiger partial charge in [0.15, 0.2) is 0 Å². The van der Waals surface area contributed by atoms with E-state index in [2.05, 4.69) is 38.7 Å². The summed E-state index contributed by atoms with van der Waals surface area (Å²) in [5.41, 5.74) is 1.59. The minimum atomic E-state index is -0.0801. The number of piperazine rings is 1. The minimum Gasteiger partial charge on any atom is -0.354 e. The number of pyridine rings is 1. The van der Waals surface area contributed by atoms with Gasteiger partial charge in [0.05, 0.1) is 12.2 Å². The molecule has 0 unspecified atom stereocenters. The molecule has 8 heteroatoms. The number of hydrogen-bond acceptors (Lipinski definition) is 7. The van der Waals surface area contributed by atoms with Gasteiger partial charge >= 0.3 is 0 Å². The fourth-order valence-electron chi connectivity index (χ4n) is 3.53. The fourth-order valence-corrected chi connectivity index (χ4v) is 3.53. The van der Waals surface area contributed by atoms with Crippen molar-refractivity contribution in [2.75, 3.05) is 37.6 Å². The molecule has 1 aliphatic rings. The summed E-state index contributed by atoms with van der Waals surface area (Å²) in [6.45, 7) is 9.25. The normalized spacial score (nSPS) is 15.0. The molecule has 0 N–H and O–H groups in total. The third-order valence-electron chi connectivity index (χ3n) is 5.32. The van der Waals surface area contributed by atoms with E-state index in [4.69, 9.17) is 4.98 Å². The Labute approximate surface area is 176 Å². The summed E-state index contributed by atoms with van der Waals surface area (Å²) in [4.78, 5) is 30.1. The first-order valence-electron chi connectivity index (χ1n) is 10.4. The molecule has 30 heavy (non-hydrogen) atoms. The highest BCUT2D eigenvalue weighted by Gasteiger charge is 2.19. The van der Waals surface area contributed by atoms with E-state index in [-0.39, 0.29) is 5.56 Å². The second-order valence-electron chi connectivity index (χ2n) is 7.78. The highest BCUT2D eigenvalue weighted by Crippen LogP contribution is 2.17. The van der Waals surface area contributed by atoms with Crippen molar-refractivity contribution in [2.24, 2.45) is 0 Å². The summed E-state index contributed by atoms with van der Waals surface area (Å²) >= 11 is 0. The van der Waals surface area contributed by atoms with Crippen molar-refractivity contribution in [1.82, 2.24) is 29.6 Å². The van der Waals surface area contributed by atoms with Gasteiger partial charge in [-0.1, -0.05) is 13.8 Å². The van der Waals surface area contributed by atoms with Gasteiger partial charge < -0.3 is 4.90 Å². The van der Waals surface area contributed by atoms with Crippen LogP contribution in [0, 0.1) is 0 Å². The summed E-state index contributed by atoms with van der Waals surface area (Å²) < 4.78 is 1.55. The summed E-state index contributed by atoms with van der Waals surface area (Å²) in [6, 6.07) is 9.13. The Bertz CT molecular complexity index is 1030. The van der Waals surface area contributed by atoms with Gasteiger partial charge in [0.25, 0.3) is 5.56 Å². The predicted octanol–water partition coefficient (Wildman–Crippen LogP) is 2.04. The highest BCUT2D eigenvalue weighted by molar-refractivity contribution is 5.56. The molecule has 0 aromatic carbocycles. The standard InChI is InChI=1S/C22H27N7O/c1-17(2)22-24-9-7-20(25-22)28-13-10-27(11-14-28)12-15-29-21(30)6-5-19(26-29)18-4-3-8-23-16-18/h3-9,16-17H,10-15H2,1-2H3. The van der Waals surface area contributed by atoms with Crippen LogP contribution < -0.4 is 10.5 Å². The first-order chi connectivity index (χ1) is 14.6. The number of rotatable bonds is 6. The molecule has 156 valence electrons. The van der Waals surface area contributed by atoms with Crippen molar-refractivity contribution < 1.29 is 0 Å². The zero-order valence-corrected chi connectivity index (χ0v) is 17.5. The molecule has 0 radical (unpaired) electrons. The van der Waals surface area contributed by atoms with Gasteiger partial charge in [0, 0.05) is 68.9 Å².